The van der Waals surface area contributed by atoms with Gasteiger partial charge in [0.1, 0.15) is 5.75 Å². The van der Waals surface area contributed by atoms with E-state index in [0.29, 0.717) is 0 Å². The van der Waals surface area contributed by atoms with Crippen molar-refractivity contribution in [2.45, 2.75) is 0 Å². The molecule has 4 nitrogen and oxygen atoms in total. The zero-order chi connectivity index (χ0) is 10.6. The van der Waals surface area contributed by atoms with E-state index in [4.69, 9.17) is 10.2 Å². The van der Waals surface area contributed by atoms with E-state index in [1.165, 1.54) is 24.3 Å². The van der Waals surface area contributed by atoms with E-state index in [-0.39, 0.29) is 11.3 Å². The van der Waals surface area contributed by atoms with E-state index in [0.717, 1.165) is 12.2 Å². The highest BCUT2D eigenvalue weighted by molar-refractivity contribution is 6.06. The number of carboxylic acids is 1. The lowest BCUT2D eigenvalue weighted by Crippen LogP contribution is -1.96. The number of hydrogen-bond donors (Lipinski definition) is 2. The van der Waals surface area contributed by atoms with Crippen molar-refractivity contribution >= 4 is 11.8 Å². The van der Waals surface area contributed by atoms with E-state index in [2.05, 4.69) is 0 Å². The maximum atomic E-state index is 11.2. The summed E-state index contributed by atoms with van der Waals surface area (Å²) < 4.78 is 0. The SMILES string of the molecule is O=C(O)C=CC(=O)c1cccc(O)c1. The molecule has 14 heavy (non-hydrogen) atoms. The first-order valence-corrected chi connectivity index (χ1v) is 3.84. The second kappa shape index (κ2) is 4.23. The normalized spacial score (nSPS) is 10.3. The van der Waals surface area contributed by atoms with Crippen molar-refractivity contribution in [2.75, 3.05) is 0 Å². The average Bonchev–Trinajstić information content (AvgIpc) is 2.14. The first kappa shape index (κ1) is 9.98. The van der Waals surface area contributed by atoms with E-state index in [1.54, 1.807) is 0 Å². The molecule has 0 radical (unpaired) electrons. The second-order valence-corrected chi connectivity index (χ2v) is 2.59. The molecule has 4 heteroatoms. The molecule has 2 N–H and O–H groups in total. The van der Waals surface area contributed by atoms with Crippen LogP contribution in [0.1, 0.15) is 10.4 Å². The van der Waals surface area contributed by atoms with Crippen molar-refractivity contribution in [2.24, 2.45) is 0 Å². The molecule has 0 saturated heterocycles. The molecule has 0 heterocycles. The minimum absolute atomic E-state index is 0.0282. The predicted octanol–water partition coefficient (Wildman–Crippen LogP) is 1.22. The maximum Gasteiger partial charge on any atom is 0.328 e. The molecule has 0 aromatic heterocycles. The fourth-order valence-corrected chi connectivity index (χ4v) is 0.902. The molecule has 0 atom stereocenters. The molecule has 0 aliphatic carbocycles. The number of allylic oxidation sites excluding steroid dienone is 1. The molecule has 0 amide bonds. The van der Waals surface area contributed by atoms with Gasteiger partial charge in [0.05, 0.1) is 0 Å². The van der Waals surface area contributed by atoms with Gasteiger partial charge in [0.2, 0.25) is 0 Å². The number of ketones is 1. The summed E-state index contributed by atoms with van der Waals surface area (Å²) in [7, 11) is 0. The van der Waals surface area contributed by atoms with Gasteiger partial charge in [-0.1, -0.05) is 12.1 Å². The summed E-state index contributed by atoms with van der Waals surface area (Å²) in [6, 6.07) is 5.71. The highest BCUT2D eigenvalue weighted by Gasteiger charge is 2.02. The Balaban J connectivity index is 2.85. The fraction of sp³-hybridized carbons (Fsp3) is 0. The van der Waals surface area contributed by atoms with E-state index < -0.39 is 11.8 Å². The molecule has 1 aromatic carbocycles. The highest BCUT2D eigenvalue weighted by Crippen LogP contribution is 2.11. The summed E-state index contributed by atoms with van der Waals surface area (Å²) in [4.78, 5) is 21.4. The van der Waals surface area contributed by atoms with Gasteiger partial charge >= 0.3 is 5.97 Å². The van der Waals surface area contributed by atoms with Gasteiger partial charge in [-0.25, -0.2) is 4.79 Å². The summed E-state index contributed by atoms with van der Waals surface area (Å²) in [6.07, 6.45) is 1.70. The summed E-state index contributed by atoms with van der Waals surface area (Å²) in [5.74, 6) is -1.67. The predicted molar refractivity (Wildman–Crippen MR) is 49.2 cm³/mol. The van der Waals surface area contributed by atoms with Gasteiger partial charge in [-0.05, 0) is 18.2 Å². The number of hydrogen-bond acceptors (Lipinski definition) is 3. The number of carboxylic acid groups (broad SMARTS) is 1. The Morgan fingerprint density at radius 1 is 1.21 bits per heavy atom. The van der Waals surface area contributed by atoms with Crippen molar-refractivity contribution in [3.63, 3.8) is 0 Å². The largest absolute Gasteiger partial charge is 0.508 e. The highest BCUT2D eigenvalue weighted by atomic mass is 16.4. The van der Waals surface area contributed by atoms with Gasteiger partial charge < -0.3 is 10.2 Å². The topological polar surface area (TPSA) is 74.6 Å². The number of carbonyl (C=O) groups excluding carboxylic acids is 1. The number of phenolic OH excluding ortho intramolecular Hbond substituents is 1. The molecule has 0 unspecified atom stereocenters. The molecule has 1 rings (SSSR count). The van der Waals surface area contributed by atoms with Gasteiger partial charge in [-0.3, -0.25) is 4.79 Å². The number of carbonyl (C=O) groups is 2. The van der Waals surface area contributed by atoms with Crippen LogP contribution in [-0.2, 0) is 4.79 Å². The van der Waals surface area contributed by atoms with Crippen LogP contribution in [0.15, 0.2) is 36.4 Å². The Hall–Kier alpha value is -2.10. The summed E-state index contributed by atoms with van der Waals surface area (Å²) >= 11 is 0. The van der Waals surface area contributed by atoms with Gasteiger partial charge in [0.15, 0.2) is 5.78 Å². The first-order valence-electron chi connectivity index (χ1n) is 3.84. The minimum Gasteiger partial charge on any atom is -0.508 e. The number of aliphatic carboxylic acids is 1. The van der Waals surface area contributed by atoms with Crippen LogP contribution in [0.2, 0.25) is 0 Å². The van der Waals surface area contributed by atoms with Crippen molar-refractivity contribution in [1.29, 1.82) is 0 Å². The van der Waals surface area contributed by atoms with E-state index in [9.17, 15) is 9.59 Å². The second-order valence-electron chi connectivity index (χ2n) is 2.59. The zero-order valence-electron chi connectivity index (χ0n) is 7.18. The maximum absolute atomic E-state index is 11.2. The summed E-state index contributed by atoms with van der Waals surface area (Å²) in [6.45, 7) is 0. The van der Waals surface area contributed by atoms with Crippen LogP contribution in [0.5, 0.6) is 5.75 Å². The van der Waals surface area contributed by atoms with Crippen molar-refractivity contribution < 1.29 is 19.8 Å². The Labute approximate surface area is 80.1 Å². The molecule has 0 fully saturated rings. The Kier molecular flexibility index (Phi) is 3.01. The minimum atomic E-state index is -1.18. The molecule has 0 bridgehead atoms. The monoisotopic (exact) mass is 192 g/mol. The third kappa shape index (κ3) is 2.75. The molecule has 0 spiro atoms. The molecule has 0 aliphatic rings. The fourth-order valence-electron chi connectivity index (χ4n) is 0.902. The first-order chi connectivity index (χ1) is 6.59. The molecular weight excluding hydrogens is 184 g/mol. The van der Waals surface area contributed by atoms with Gasteiger partial charge in [0, 0.05) is 11.6 Å². The lowest BCUT2D eigenvalue weighted by atomic mass is 10.1. The van der Waals surface area contributed by atoms with Crippen LogP contribution in [0.3, 0.4) is 0 Å². The van der Waals surface area contributed by atoms with E-state index >= 15 is 0 Å². The molecule has 0 aliphatic heterocycles. The standard InChI is InChI=1S/C10H8O4/c11-8-3-1-2-7(6-8)9(12)4-5-10(13)14/h1-6,11H,(H,13,14). The van der Waals surface area contributed by atoms with Gasteiger partial charge in [0.25, 0.3) is 0 Å². The van der Waals surface area contributed by atoms with Crippen LogP contribution in [-0.4, -0.2) is 22.0 Å². The number of phenols is 1. The lowest BCUT2D eigenvalue weighted by Gasteiger charge is -1.95. The zero-order valence-corrected chi connectivity index (χ0v) is 7.18. The van der Waals surface area contributed by atoms with Gasteiger partial charge in [-0.15, -0.1) is 0 Å². The number of rotatable bonds is 3. The van der Waals surface area contributed by atoms with Crippen LogP contribution in [0, 0.1) is 0 Å². The van der Waals surface area contributed by atoms with E-state index in [1.807, 2.05) is 0 Å². The Bertz CT molecular complexity index is 393. The Morgan fingerprint density at radius 2 is 1.93 bits per heavy atom. The molecule has 72 valence electrons. The van der Waals surface area contributed by atoms with Gasteiger partial charge in [-0.2, -0.15) is 0 Å². The van der Waals surface area contributed by atoms with Crippen molar-refractivity contribution in [3.8, 4) is 5.75 Å². The van der Waals surface area contributed by atoms with Crippen molar-refractivity contribution in [3.05, 3.63) is 42.0 Å². The Morgan fingerprint density at radius 3 is 2.50 bits per heavy atom. The number of aromatic hydroxyl groups is 1. The smallest absolute Gasteiger partial charge is 0.328 e. The average molecular weight is 192 g/mol. The van der Waals surface area contributed by atoms with Crippen LogP contribution in [0.25, 0.3) is 0 Å². The third-order valence-electron chi connectivity index (χ3n) is 1.51. The van der Waals surface area contributed by atoms with Crippen LogP contribution in [0.4, 0.5) is 0 Å². The van der Waals surface area contributed by atoms with Crippen LogP contribution >= 0.6 is 0 Å². The summed E-state index contributed by atoms with van der Waals surface area (Å²) in [5.41, 5.74) is 0.252. The van der Waals surface area contributed by atoms with Crippen LogP contribution < -0.4 is 0 Å². The summed E-state index contributed by atoms with van der Waals surface area (Å²) in [5, 5.41) is 17.3. The van der Waals surface area contributed by atoms with Crippen molar-refractivity contribution in [1.82, 2.24) is 0 Å². The third-order valence-corrected chi connectivity index (χ3v) is 1.51. The molecular formula is C10H8O4. The number of benzene rings is 1. The molecule has 0 saturated carbocycles. The quantitative estimate of drug-likeness (QED) is 0.557. The lowest BCUT2D eigenvalue weighted by molar-refractivity contribution is -0.131. The molecule has 1 aromatic rings.